The lowest BCUT2D eigenvalue weighted by atomic mass is 10.0. The zero-order valence-corrected chi connectivity index (χ0v) is 14.1. The summed E-state index contributed by atoms with van der Waals surface area (Å²) in [4.78, 5) is 11.6. The summed E-state index contributed by atoms with van der Waals surface area (Å²) >= 11 is 3.49. The quantitative estimate of drug-likeness (QED) is 0.624. The van der Waals surface area contributed by atoms with Crippen LogP contribution in [0, 0.1) is 0 Å². The first-order chi connectivity index (χ1) is 10.0. The Balaban J connectivity index is 2.24. The van der Waals surface area contributed by atoms with Crippen molar-refractivity contribution in [2.45, 2.75) is 33.1 Å². The van der Waals surface area contributed by atoms with Crippen molar-refractivity contribution in [3.05, 3.63) is 58.1 Å². The summed E-state index contributed by atoms with van der Waals surface area (Å²) < 4.78 is 7.01. The minimum absolute atomic E-state index is 0.146. The third-order valence-electron chi connectivity index (χ3n) is 3.32. The minimum atomic E-state index is 0.146. The Labute approximate surface area is 134 Å². The maximum absolute atomic E-state index is 11.6. The maximum atomic E-state index is 11.6. The van der Waals surface area contributed by atoms with Crippen LogP contribution < -0.4 is 4.74 Å². The van der Waals surface area contributed by atoms with Gasteiger partial charge in [-0.15, -0.1) is 0 Å². The minimum Gasteiger partial charge on any atom is -0.457 e. The molecular weight excluding hydrogens is 328 g/mol. The van der Waals surface area contributed by atoms with E-state index in [4.69, 9.17) is 4.74 Å². The van der Waals surface area contributed by atoms with E-state index in [1.807, 2.05) is 43.3 Å². The highest BCUT2D eigenvalue weighted by molar-refractivity contribution is 9.10. The lowest BCUT2D eigenvalue weighted by Crippen LogP contribution is -1.97. The average molecular weight is 347 g/mol. The molecule has 0 radical (unpaired) electrons. The van der Waals surface area contributed by atoms with E-state index in [0.717, 1.165) is 27.1 Å². The van der Waals surface area contributed by atoms with Gasteiger partial charge in [-0.3, -0.25) is 4.79 Å². The van der Waals surface area contributed by atoms with Crippen molar-refractivity contribution in [1.82, 2.24) is 0 Å². The van der Waals surface area contributed by atoms with E-state index in [0.29, 0.717) is 12.3 Å². The van der Waals surface area contributed by atoms with Crippen molar-refractivity contribution in [3.63, 3.8) is 0 Å². The highest BCUT2D eigenvalue weighted by Crippen LogP contribution is 2.32. The van der Waals surface area contributed by atoms with Gasteiger partial charge in [0.15, 0.2) is 5.78 Å². The first-order valence-corrected chi connectivity index (χ1v) is 7.91. The molecule has 0 aliphatic heterocycles. The van der Waals surface area contributed by atoms with Gasteiger partial charge in [0.1, 0.15) is 11.5 Å². The highest BCUT2D eigenvalue weighted by atomic mass is 79.9. The fraction of sp³-hybridized carbons (Fsp3) is 0.278. The molecule has 0 fully saturated rings. The number of Topliss-reactive ketones (excluding diaryl/α,β-unsaturated/α-hetero) is 1. The molecule has 0 heterocycles. The van der Waals surface area contributed by atoms with E-state index in [1.165, 1.54) is 0 Å². The Morgan fingerprint density at radius 2 is 1.81 bits per heavy atom. The number of carbonyl (C=O) groups is 1. The summed E-state index contributed by atoms with van der Waals surface area (Å²) in [6, 6.07) is 13.3. The van der Waals surface area contributed by atoms with Crippen LogP contribution in [0.3, 0.4) is 0 Å². The van der Waals surface area contributed by atoms with E-state index in [2.05, 4.69) is 35.8 Å². The van der Waals surface area contributed by atoms with Crippen molar-refractivity contribution in [3.8, 4) is 11.5 Å². The molecule has 0 bridgehead atoms. The third kappa shape index (κ3) is 3.94. The molecule has 3 heteroatoms. The van der Waals surface area contributed by atoms with E-state index < -0.39 is 0 Å². The van der Waals surface area contributed by atoms with Crippen LogP contribution in [0.1, 0.15) is 49.0 Å². The standard InChI is InChI=1S/C18H19BrO2/c1-4-17(20)13-5-8-15(9-6-13)21-18-10-7-14(19)11-16(18)12(2)3/h5-12H,4H2,1-3H3. The molecule has 2 aromatic rings. The molecule has 0 amide bonds. The second-order valence-corrected chi connectivity index (χ2v) is 6.16. The van der Waals surface area contributed by atoms with Crippen LogP contribution in [0.5, 0.6) is 11.5 Å². The second-order valence-electron chi connectivity index (χ2n) is 5.24. The van der Waals surface area contributed by atoms with Gasteiger partial charge in [-0.1, -0.05) is 36.7 Å². The first-order valence-electron chi connectivity index (χ1n) is 7.11. The molecule has 2 nitrogen and oxygen atoms in total. The van der Waals surface area contributed by atoms with Crippen molar-refractivity contribution in [2.75, 3.05) is 0 Å². The molecule has 0 spiro atoms. The molecule has 0 aliphatic rings. The van der Waals surface area contributed by atoms with Gasteiger partial charge in [0.25, 0.3) is 0 Å². The molecule has 0 N–H and O–H groups in total. The molecule has 110 valence electrons. The summed E-state index contributed by atoms with van der Waals surface area (Å²) in [5.74, 6) is 2.11. The normalized spacial score (nSPS) is 10.7. The van der Waals surface area contributed by atoms with Gasteiger partial charge in [0, 0.05) is 16.5 Å². The zero-order valence-electron chi connectivity index (χ0n) is 12.5. The second kappa shape index (κ2) is 6.90. The monoisotopic (exact) mass is 346 g/mol. The van der Waals surface area contributed by atoms with Gasteiger partial charge in [-0.2, -0.15) is 0 Å². The smallest absolute Gasteiger partial charge is 0.162 e. The predicted molar refractivity (Wildman–Crippen MR) is 89.4 cm³/mol. The number of hydrogen-bond acceptors (Lipinski definition) is 2. The first kappa shape index (κ1) is 15.8. The largest absolute Gasteiger partial charge is 0.457 e. The number of ether oxygens (including phenoxy) is 1. The van der Waals surface area contributed by atoms with Gasteiger partial charge in [0.2, 0.25) is 0 Å². The number of ketones is 1. The fourth-order valence-corrected chi connectivity index (χ4v) is 2.48. The summed E-state index contributed by atoms with van der Waals surface area (Å²) in [6.45, 7) is 6.14. The Bertz CT molecular complexity index is 630. The van der Waals surface area contributed by atoms with Gasteiger partial charge in [-0.25, -0.2) is 0 Å². The topological polar surface area (TPSA) is 26.3 Å². The van der Waals surface area contributed by atoms with Gasteiger partial charge < -0.3 is 4.74 Å². The molecule has 0 saturated carbocycles. The van der Waals surface area contributed by atoms with Crippen molar-refractivity contribution in [2.24, 2.45) is 0 Å². The van der Waals surface area contributed by atoms with E-state index in [-0.39, 0.29) is 5.78 Å². The molecule has 0 atom stereocenters. The Kier molecular flexibility index (Phi) is 5.18. The number of rotatable bonds is 5. The van der Waals surface area contributed by atoms with E-state index >= 15 is 0 Å². The van der Waals surface area contributed by atoms with Crippen LogP contribution >= 0.6 is 15.9 Å². The highest BCUT2D eigenvalue weighted by Gasteiger charge is 2.10. The maximum Gasteiger partial charge on any atom is 0.162 e. The molecule has 0 aliphatic carbocycles. The van der Waals surface area contributed by atoms with Crippen molar-refractivity contribution >= 4 is 21.7 Å². The van der Waals surface area contributed by atoms with Crippen molar-refractivity contribution < 1.29 is 9.53 Å². The third-order valence-corrected chi connectivity index (χ3v) is 3.81. The van der Waals surface area contributed by atoms with Crippen molar-refractivity contribution in [1.29, 1.82) is 0 Å². The van der Waals surface area contributed by atoms with Crippen LogP contribution in [0.25, 0.3) is 0 Å². The van der Waals surface area contributed by atoms with Gasteiger partial charge in [0.05, 0.1) is 0 Å². The van der Waals surface area contributed by atoms with Gasteiger partial charge >= 0.3 is 0 Å². The number of carbonyl (C=O) groups excluding carboxylic acids is 1. The van der Waals surface area contributed by atoms with Crippen LogP contribution in [-0.4, -0.2) is 5.78 Å². The molecule has 2 rings (SSSR count). The van der Waals surface area contributed by atoms with Crippen LogP contribution in [-0.2, 0) is 0 Å². The Morgan fingerprint density at radius 1 is 1.14 bits per heavy atom. The number of hydrogen-bond donors (Lipinski definition) is 0. The molecule has 0 saturated heterocycles. The van der Waals surface area contributed by atoms with E-state index in [9.17, 15) is 4.79 Å². The van der Waals surface area contributed by atoms with Crippen LogP contribution in [0.15, 0.2) is 46.9 Å². The zero-order chi connectivity index (χ0) is 15.4. The van der Waals surface area contributed by atoms with E-state index in [1.54, 1.807) is 0 Å². The Morgan fingerprint density at radius 3 is 2.38 bits per heavy atom. The molecule has 0 unspecified atom stereocenters. The lowest BCUT2D eigenvalue weighted by Gasteiger charge is -2.14. The molecule has 2 aromatic carbocycles. The summed E-state index contributed by atoms with van der Waals surface area (Å²) in [6.07, 6.45) is 0.518. The van der Waals surface area contributed by atoms with Crippen LogP contribution in [0.2, 0.25) is 0 Å². The summed E-state index contributed by atoms with van der Waals surface area (Å²) in [5, 5.41) is 0. The lowest BCUT2D eigenvalue weighted by molar-refractivity contribution is 0.0988. The molecular formula is C18H19BrO2. The average Bonchev–Trinajstić information content (AvgIpc) is 2.49. The summed E-state index contributed by atoms with van der Waals surface area (Å²) in [7, 11) is 0. The molecule has 21 heavy (non-hydrogen) atoms. The van der Waals surface area contributed by atoms with Gasteiger partial charge in [-0.05, 0) is 53.9 Å². The number of halogens is 1. The fourth-order valence-electron chi connectivity index (χ4n) is 2.10. The Hall–Kier alpha value is -1.61. The number of benzene rings is 2. The van der Waals surface area contributed by atoms with Crippen LogP contribution in [0.4, 0.5) is 0 Å². The SMILES string of the molecule is CCC(=O)c1ccc(Oc2ccc(Br)cc2C(C)C)cc1. The predicted octanol–water partition coefficient (Wildman–Crippen LogP) is 5.96. The summed E-state index contributed by atoms with van der Waals surface area (Å²) in [5.41, 5.74) is 1.88. The molecule has 0 aromatic heterocycles.